The summed E-state index contributed by atoms with van der Waals surface area (Å²) in [5.41, 5.74) is 1.13. The van der Waals surface area contributed by atoms with Gasteiger partial charge in [-0.05, 0) is 12.0 Å². The van der Waals surface area contributed by atoms with E-state index in [0.29, 0.717) is 13.2 Å². The number of nitrogens with zero attached hydrogens (tertiary/aromatic N) is 1. The van der Waals surface area contributed by atoms with E-state index in [-0.39, 0.29) is 16.5 Å². The molecule has 0 spiro atoms. The molecule has 1 saturated heterocycles. The fraction of sp³-hybridized carbons (Fsp3) is 0.438. The zero-order valence-electron chi connectivity index (χ0n) is 11.7. The fourth-order valence-corrected chi connectivity index (χ4v) is 4.15. The standard InChI is InChI=1S/C16H18ClNO2S/c17-15-13(16(19)18-7-4-9-20-10-8-18)11-14(21-15)12-5-2-1-3-6-12/h1-3,5-6,11,13,15H,4,7-10H2. The minimum Gasteiger partial charge on any atom is -0.380 e. The Morgan fingerprint density at radius 1 is 1.24 bits per heavy atom. The van der Waals surface area contributed by atoms with Gasteiger partial charge in [-0.2, -0.15) is 0 Å². The molecule has 0 radical (unpaired) electrons. The van der Waals surface area contributed by atoms with Crippen LogP contribution in [0.15, 0.2) is 36.4 Å². The van der Waals surface area contributed by atoms with Crippen LogP contribution in [0.3, 0.4) is 0 Å². The monoisotopic (exact) mass is 323 g/mol. The molecule has 0 bridgehead atoms. The molecule has 2 aliphatic rings. The Bertz CT molecular complexity index is 526. The first-order valence-electron chi connectivity index (χ1n) is 7.20. The van der Waals surface area contributed by atoms with Crippen LogP contribution in [-0.2, 0) is 9.53 Å². The number of alkyl halides is 1. The maximum absolute atomic E-state index is 12.7. The van der Waals surface area contributed by atoms with Crippen molar-refractivity contribution in [3.05, 3.63) is 42.0 Å². The van der Waals surface area contributed by atoms with E-state index in [9.17, 15) is 4.79 Å². The zero-order valence-corrected chi connectivity index (χ0v) is 13.3. The van der Waals surface area contributed by atoms with E-state index < -0.39 is 0 Å². The molecule has 2 unspecified atom stereocenters. The van der Waals surface area contributed by atoms with Gasteiger partial charge in [0.1, 0.15) is 0 Å². The molecule has 1 fully saturated rings. The number of rotatable bonds is 2. The second-order valence-electron chi connectivity index (χ2n) is 5.18. The number of ether oxygens (including phenoxy) is 1. The third-order valence-electron chi connectivity index (χ3n) is 3.73. The smallest absolute Gasteiger partial charge is 0.232 e. The third kappa shape index (κ3) is 3.44. The molecule has 5 heteroatoms. The largest absolute Gasteiger partial charge is 0.380 e. The van der Waals surface area contributed by atoms with E-state index in [1.54, 1.807) is 11.8 Å². The van der Waals surface area contributed by atoms with E-state index >= 15 is 0 Å². The van der Waals surface area contributed by atoms with Gasteiger partial charge in [0, 0.05) is 24.6 Å². The lowest BCUT2D eigenvalue weighted by molar-refractivity contribution is -0.133. The fourth-order valence-electron chi connectivity index (χ4n) is 2.60. The van der Waals surface area contributed by atoms with Crippen molar-refractivity contribution in [2.45, 2.75) is 11.1 Å². The third-order valence-corrected chi connectivity index (χ3v) is 5.41. The number of halogens is 1. The average Bonchev–Trinajstić information content (AvgIpc) is 2.74. The minimum atomic E-state index is -0.245. The first-order chi connectivity index (χ1) is 10.3. The van der Waals surface area contributed by atoms with E-state index in [4.69, 9.17) is 16.3 Å². The van der Waals surface area contributed by atoms with E-state index in [1.165, 1.54) is 0 Å². The Morgan fingerprint density at radius 2 is 2.05 bits per heavy atom. The lowest BCUT2D eigenvalue weighted by Crippen LogP contribution is -2.38. The van der Waals surface area contributed by atoms with Gasteiger partial charge in [0.15, 0.2) is 0 Å². The van der Waals surface area contributed by atoms with Crippen LogP contribution >= 0.6 is 23.4 Å². The Balaban J connectivity index is 1.75. The predicted octanol–water partition coefficient (Wildman–Crippen LogP) is 3.20. The lowest BCUT2D eigenvalue weighted by atomic mass is 10.1. The number of benzene rings is 1. The molecule has 2 aliphatic heterocycles. The summed E-state index contributed by atoms with van der Waals surface area (Å²) in [7, 11) is 0. The molecule has 21 heavy (non-hydrogen) atoms. The van der Waals surface area contributed by atoms with Gasteiger partial charge >= 0.3 is 0 Å². The topological polar surface area (TPSA) is 29.5 Å². The first-order valence-corrected chi connectivity index (χ1v) is 8.52. The summed E-state index contributed by atoms with van der Waals surface area (Å²) in [6.45, 7) is 2.78. The van der Waals surface area contributed by atoms with Gasteiger partial charge in [-0.3, -0.25) is 4.79 Å². The van der Waals surface area contributed by atoms with E-state index in [2.05, 4.69) is 12.1 Å². The molecule has 1 aromatic rings. The molecule has 0 aliphatic carbocycles. The molecule has 3 nitrogen and oxygen atoms in total. The highest BCUT2D eigenvalue weighted by atomic mass is 35.5. The highest BCUT2D eigenvalue weighted by Crippen LogP contribution is 2.44. The van der Waals surface area contributed by atoms with Crippen LogP contribution in [-0.4, -0.2) is 41.8 Å². The Morgan fingerprint density at radius 3 is 2.86 bits per heavy atom. The summed E-state index contributed by atoms with van der Waals surface area (Å²) in [5, 5.41) is 0. The molecule has 112 valence electrons. The molecule has 3 rings (SSSR count). The second kappa shape index (κ2) is 6.86. The predicted molar refractivity (Wildman–Crippen MR) is 87.2 cm³/mol. The molecular weight excluding hydrogens is 306 g/mol. The van der Waals surface area contributed by atoms with Crippen molar-refractivity contribution in [3.63, 3.8) is 0 Å². The minimum absolute atomic E-state index is 0.124. The Hall–Kier alpha value is -0.970. The van der Waals surface area contributed by atoms with E-state index in [0.717, 1.165) is 30.0 Å². The van der Waals surface area contributed by atoms with Crippen molar-refractivity contribution in [3.8, 4) is 0 Å². The number of carbonyl (C=O) groups excluding carboxylic acids is 1. The maximum atomic E-state index is 12.7. The lowest BCUT2D eigenvalue weighted by Gasteiger charge is -2.23. The van der Waals surface area contributed by atoms with Gasteiger partial charge in [-0.15, -0.1) is 23.4 Å². The van der Waals surface area contributed by atoms with Crippen molar-refractivity contribution < 1.29 is 9.53 Å². The summed E-state index contributed by atoms with van der Waals surface area (Å²) < 4.78 is 5.18. The maximum Gasteiger partial charge on any atom is 0.232 e. The number of thioether (sulfide) groups is 1. The van der Waals surface area contributed by atoms with Crippen molar-refractivity contribution in [2.75, 3.05) is 26.3 Å². The van der Waals surface area contributed by atoms with Gasteiger partial charge in [-0.1, -0.05) is 36.4 Å². The molecule has 0 N–H and O–H groups in total. The number of hydrogen-bond donors (Lipinski definition) is 0. The summed E-state index contributed by atoms with van der Waals surface area (Å²) >= 11 is 7.98. The van der Waals surface area contributed by atoms with Crippen molar-refractivity contribution in [1.29, 1.82) is 0 Å². The van der Waals surface area contributed by atoms with Gasteiger partial charge in [-0.25, -0.2) is 0 Å². The number of hydrogen-bond acceptors (Lipinski definition) is 3. The van der Waals surface area contributed by atoms with Crippen LogP contribution in [0.5, 0.6) is 0 Å². The molecule has 2 atom stereocenters. The average molecular weight is 324 g/mol. The molecular formula is C16H18ClNO2S. The first kappa shape index (κ1) is 14.9. The van der Waals surface area contributed by atoms with Gasteiger partial charge in [0.25, 0.3) is 0 Å². The van der Waals surface area contributed by atoms with Crippen LogP contribution < -0.4 is 0 Å². The van der Waals surface area contributed by atoms with Crippen molar-refractivity contribution in [1.82, 2.24) is 4.90 Å². The van der Waals surface area contributed by atoms with Crippen molar-refractivity contribution >= 4 is 34.2 Å². The highest BCUT2D eigenvalue weighted by molar-refractivity contribution is 8.10. The summed E-state index contributed by atoms with van der Waals surface area (Å²) in [6, 6.07) is 10.1. The van der Waals surface area contributed by atoms with Crippen LogP contribution in [0.1, 0.15) is 12.0 Å². The normalized spacial score (nSPS) is 26.3. The Labute approximate surface area is 134 Å². The van der Waals surface area contributed by atoms with Gasteiger partial charge in [0.05, 0.1) is 17.2 Å². The summed E-state index contributed by atoms with van der Waals surface area (Å²) in [5.74, 6) is -0.121. The Kier molecular flexibility index (Phi) is 4.88. The quantitative estimate of drug-likeness (QED) is 0.783. The van der Waals surface area contributed by atoms with Crippen LogP contribution in [0.2, 0.25) is 0 Å². The number of amides is 1. The summed E-state index contributed by atoms with van der Waals surface area (Å²) in [6.07, 6.45) is 2.92. The molecule has 2 heterocycles. The van der Waals surface area contributed by atoms with E-state index in [1.807, 2.05) is 29.2 Å². The zero-order chi connectivity index (χ0) is 14.7. The van der Waals surface area contributed by atoms with Gasteiger partial charge < -0.3 is 9.64 Å². The molecule has 0 saturated carbocycles. The van der Waals surface area contributed by atoms with Crippen LogP contribution in [0, 0.1) is 5.92 Å². The van der Waals surface area contributed by atoms with Crippen molar-refractivity contribution in [2.24, 2.45) is 5.92 Å². The number of carbonyl (C=O) groups is 1. The summed E-state index contributed by atoms with van der Waals surface area (Å²) in [4.78, 5) is 15.7. The second-order valence-corrected chi connectivity index (χ2v) is 7.10. The molecule has 0 aromatic heterocycles. The van der Waals surface area contributed by atoms with Crippen LogP contribution in [0.4, 0.5) is 0 Å². The molecule has 1 aromatic carbocycles. The van der Waals surface area contributed by atoms with Gasteiger partial charge in [0.2, 0.25) is 5.91 Å². The van der Waals surface area contributed by atoms with Crippen LogP contribution in [0.25, 0.3) is 4.91 Å². The highest BCUT2D eigenvalue weighted by Gasteiger charge is 2.35. The molecule has 1 amide bonds. The SMILES string of the molecule is O=C(C1C=C(c2ccccc2)SC1Cl)N1CCCOCC1.